The monoisotopic (exact) mass is 445 g/mol. The minimum Gasteiger partial charge on any atom is -0.870 e. The van der Waals surface area contributed by atoms with Crippen LogP contribution in [0.15, 0.2) is 0 Å². The maximum atomic E-state index is 7.61. The summed E-state index contributed by atoms with van der Waals surface area (Å²) in [6, 6.07) is 0. The molecule has 0 rings (SSSR count). The maximum absolute atomic E-state index is 7.61. The van der Waals surface area contributed by atoms with E-state index < -0.39 is 6.29 Å². The molecule has 0 spiro atoms. The van der Waals surface area contributed by atoms with Gasteiger partial charge in [0, 0.05) is 42.1 Å². The fourth-order valence-electron chi connectivity index (χ4n) is 0. The molecule has 0 saturated carbocycles. The van der Waals surface area contributed by atoms with Gasteiger partial charge in [-0.3, -0.25) is 42.1 Å². The molecule has 0 heterocycles. The molecule has 0 atom stereocenters. The molecule has 17 heavy (non-hydrogen) atoms. The van der Waals surface area contributed by atoms with Gasteiger partial charge in [-0.25, -0.2) is 0 Å². The Morgan fingerprint density at radius 1 is 0.529 bits per heavy atom. The molecule has 0 aromatic heterocycles. The summed E-state index contributed by atoms with van der Waals surface area (Å²) in [5.74, 6) is 0. The summed E-state index contributed by atoms with van der Waals surface area (Å²) in [5.41, 5.74) is 0. The van der Waals surface area contributed by atoms with Crippen LogP contribution in [0.25, 0.3) is 0 Å². The van der Waals surface area contributed by atoms with Gasteiger partial charge in [0.05, 0.1) is 0 Å². The molecule has 0 bridgehead atoms. The van der Waals surface area contributed by atoms with E-state index in [1.54, 1.807) is 0 Å². The van der Waals surface area contributed by atoms with Crippen LogP contribution in [-0.2, 0) is 42.1 Å². The first-order chi connectivity index (χ1) is 5.73. The molecule has 0 aromatic carbocycles. The third-order valence-corrected chi connectivity index (χ3v) is 0. The number of rotatable bonds is 0. The predicted molar refractivity (Wildman–Crippen MR) is 40.7 cm³/mol. The second kappa shape index (κ2) is 285. The Bertz CT molecular complexity index is 22.1. The third kappa shape index (κ3) is 5070. The first-order valence-corrected chi connectivity index (χ1v) is 1.89. The fourth-order valence-corrected chi connectivity index (χ4v) is 0. The Kier molecular flexibility index (Phi) is 1380. The molecule has 0 amide bonds. The van der Waals surface area contributed by atoms with Crippen molar-refractivity contribution in [1.29, 1.82) is 0 Å². The van der Waals surface area contributed by atoms with Gasteiger partial charge in [-0.1, -0.05) is 0 Å². The summed E-state index contributed by atoms with van der Waals surface area (Å²) in [6.07, 6.45) is -1.17. The van der Waals surface area contributed by atoms with Crippen LogP contribution >= 0.6 is 0 Å². The van der Waals surface area contributed by atoms with Gasteiger partial charge in [0.1, 0.15) is 6.29 Å². The van der Waals surface area contributed by atoms with Crippen molar-refractivity contribution in [1.82, 2.24) is 0 Å². The molecule has 118 valence electrons. The number of aliphatic hydroxyl groups excluding tert-OH is 1. The summed E-state index contributed by atoms with van der Waals surface area (Å²) in [4.78, 5) is 0. The molecule has 0 unspecified atom stereocenters. The van der Waals surface area contributed by atoms with Gasteiger partial charge >= 0.3 is 0 Å². The van der Waals surface area contributed by atoms with Crippen LogP contribution in [0.1, 0.15) is 6.92 Å². The Morgan fingerprint density at radius 2 is 0.529 bits per heavy atom. The van der Waals surface area contributed by atoms with Crippen molar-refractivity contribution in [2.75, 3.05) is 0 Å². The van der Waals surface area contributed by atoms with Crippen LogP contribution < -0.4 is 0 Å². The van der Waals surface area contributed by atoms with Crippen LogP contribution in [0.4, 0.5) is 0 Å². The summed E-state index contributed by atoms with van der Waals surface area (Å²) in [6.45, 7) is 1.28. The first kappa shape index (κ1) is 82.2. The molecule has 0 aliphatic carbocycles. The molecular formula is C2H17Mo2O13-3. The van der Waals surface area contributed by atoms with Crippen molar-refractivity contribution in [2.45, 2.75) is 13.2 Å². The van der Waals surface area contributed by atoms with Crippen LogP contribution in [-0.4, -0.2) is 75.0 Å². The van der Waals surface area contributed by atoms with E-state index in [2.05, 4.69) is 0 Å². The van der Waals surface area contributed by atoms with E-state index >= 15 is 0 Å². The third-order valence-electron chi connectivity index (χ3n) is 0. The average Bonchev–Trinajstić information content (AvgIpc) is 2.16. The van der Waals surface area contributed by atoms with Gasteiger partial charge in [0.25, 0.3) is 0 Å². The van der Waals surface area contributed by atoms with Gasteiger partial charge in [-0.05, 0) is 6.92 Å². The second-order valence-corrected chi connectivity index (χ2v) is 0.632. The minimum absolute atomic E-state index is 0. The van der Waals surface area contributed by atoms with Gasteiger partial charge < -0.3 is 26.6 Å². The molecule has 0 aliphatic heterocycles. The van der Waals surface area contributed by atoms with E-state index in [9.17, 15) is 0 Å². The number of hydrogen-bond donors (Lipinski definition) is 10. The van der Waals surface area contributed by atoms with Crippen molar-refractivity contribution >= 4 is 0 Å². The second-order valence-electron chi connectivity index (χ2n) is 0.632. The molecule has 0 aromatic rings. The van der Waals surface area contributed by atoms with E-state index in [-0.39, 0.29) is 58.6 Å². The molecule has 0 saturated heterocycles. The zero-order valence-electron chi connectivity index (χ0n) is 8.21. The number of aliphatic hydroxyl groups is 2. The summed E-state index contributed by atoms with van der Waals surface area (Å²) in [5, 5.41) is 63.2. The molecule has 0 fully saturated rings. The smallest absolute Gasteiger partial charge is 0.148 e. The standard InChI is InChI=1S/C2H6O2.2Mo.4H2O2.3H2O/c1-2(3)4;;;4*1-2;;;/h2-4H,1H3;;;4*1-2H;3*1H2/p-3. The summed E-state index contributed by atoms with van der Waals surface area (Å²) >= 11 is 0. The van der Waals surface area contributed by atoms with Crippen molar-refractivity contribution in [3.8, 4) is 0 Å². The Hall–Kier alpha value is 0.857. The van der Waals surface area contributed by atoms with Crippen molar-refractivity contribution in [2.24, 2.45) is 0 Å². The van der Waals surface area contributed by atoms with Crippen LogP contribution in [0, 0.1) is 0 Å². The van der Waals surface area contributed by atoms with Gasteiger partial charge in [0.2, 0.25) is 0 Å². The maximum Gasteiger partial charge on any atom is 0.148 e. The van der Waals surface area contributed by atoms with E-state index in [0.29, 0.717) is 0 Å². The van der Waals surface area contributed by atoms with E-state index in [4.69, 9.17) is 52.3 Å². The van der Waals surface area contributed by atoms with Crippen molar-refractivity contribution in [3.05, 3.63) is 0 Å². The first-order valence-electron chi connectivity index (χ1n) is 1.89. The summed E-state index contributed by atoms with van der Waals surface area (Å²) < 4.78 is 0. The Labute approximate surface area is 124 Å². The van der Waals surface area contributed by atoms with Gasteiger partial charge in [0.15, 0.2) is 0 Å². The summed E-state index contributed by atoms with van der Waals surface area (Å²) in [7, 11) is 0. The molecule has 0 radical (unpaired) electrons. The zero-order chi connectivity index (χ0) is 11.6. The van der Waals surface area contributed by atoms with E-state index in [1.807, 2.05) is 0 Å². The van der Waals surface area contributed by atoms with Crippen molar-refractivity contribution < 1.29 is 111 Å². The Balaban J connectivity index is -0.00000000435. The average molecular weight is 441 g/mol. The predicted octanol–water partition coefficient (Wildman–Crippen LogP) is -1.15. The van der Waals surface area contributed by atoms with E-state index in [0.717, 1.165) is 0 Å². The Morgan fingerprint density at radius 3 is 0.529 bits per heavy atom. The zero-order valence-corrected chi connectivity index (χ0v) is 12.2. The van der Waals surface area contributed by atoms with Crippen LogP contribution in [0.2, 0.25) is 0 Å². The van der Waals surface area contributed by atoms with Gasteiger partial charge in [-0.2, -0.15) is 0 Å². The molecular weight excluding hydrogens is 424 g/mol. The molecule has 15 heteroatoms. The topological polar surface area (TPSA) is 292 Å². The molecule has 0 aliphatic rings. The number of hydrogen-bond acceptors (Lipinski definition) is 13. The largest absolute Gasteiger partial charge is 0.870 e. The normalized spacial score (nSPS) is 3.53. The van der Waals surface area contributed by atoms with Crippen LogP contribution in [0.5, 0.6) is 0 Å². The van der Waals surface area contributed by atoms with Crippen molar-refractivity contribution in [3.63, 3.8) is 0 Å². The SMILES string of the molecule is CC(O)O.OO.OO.OO.OO.[Mo].[Mo].[OH-].[OH-].[OH-]. The fraction of sp³-hybridized carbons (Fsp3) is 1.00. The minimum atomic E-state index is -1.17. The quantitative estimate of drug-likeness (QED) is 0.0920. The van der Waals surface area contributed by atoms with Gasteiger partial charge in [-0.15, -0.1) is 0 Å². The molecule has 13 nitrogen and oxygen atoms in total. The van der Waals surface area contributed by atoms with Crippen LogP contribution in [0.3, 0.4) is 0 Å². The molecule has 13 N–H and O–H groups in total. The van der Waals surface area contributed by atoms with E-state index in [1.165, 1.54) is 6.92 Å².